The third-order valence-corrected chi connectivity index (χ3v) is 2.34. The van der Waals surface area contributed by atoms with Crippen molar-refractivity contribution in [1.82, 2.24) is 5.32 Å². The lowest BCUT2D eigenvalue weighted by Gasteiger charge is -2.25. The zero-order chi connectivity index (χ0) is 10.8. The molecule has 0 radical (unpaired) electrons. The number of nitriles is 1. The minimum atomic E-state index is -0.473. The van der Waals surface area contributed by atoms with Gasteiger partial charge in [0, 0.05) is 0 Å². The third-order valence-electron chi connectivity index (χ3n) is 2.34. The molecule has 0 aromatic carbocycles. The highest BCUT2D eigenvalue weighted by atomic mass is 16.3. The van der Waals surface area contributed by atoms with Gasteiger partial charge in [-0.3, -0.25) is 0 Å². The second-order valence-corrected chi connectivity index (χ2v) is 4.00. The second-order valence-electron chi connectivity index (χ2n) is 4.00. The van der Waals surface area contributed by atoms with Crippen molar-refractivity contribution in [2.24, 2.45) is 5.41 Å². The average Bonchev–Trinajstić information content (AvgIpc) is 2.53. The fourth-order valence-corrected chi connectivity index (χ4v) is 1.53. The minimum Gasteiger partial charge on any atom is -0.465 e. The first-order valence-corrected chi connectivity index (χ1v) is 4.66. The summed E-state index contributed by atoms with van der Waals surface area (Å²) in [7, 11) is 1.83. The van der Waals surface area contributed by atoms with E-state index >= 15 is 0 Å². The van der Waals surface area contributed by atoms with Gasteiger partial charge in [-0.2, -0.15) is 5.26 Å². The number of rotatable bonds is 3. The van der Waals surface area contributed by atoms with Crippen LogP contribution in [0, 0.1) is 23.7 Å². The van der Waals surface area contributed by atoms with E-state index in [0.717, 1.165) is 11.5 Å². The smallest absolute Gasteiger partial charge is 0.122 e. The molecule has 1 N–H and O–H groups in total. The van der Waals surface area contributed by atoms with Gasteiger partial charge in [0.15, 0.2) is 0 Å². The number of nitrogens with zero attached hydrogens (tertiary/aromatic N) is 1. The molecule has 1 heterocycles. The summed E-state index contributed by atoms with van der Waals surface area (Å²) in [5.74, 6) is 1.69. The zero-order valence-electron chi connectivity index (χ0n) is 9.09. The fraction of sp³-hybridized carbons (Fsp3) is 0.545. The maximum Gasteiger partial charge on any atom is 0.122 e. The van der Waals surface area contributed by atoms with Crippen LogP contribution < -0.4 is 5.32 Å². The van der Waals surface area contributed by atoms with Crippen molar-refractivity contribution >= 4 is 0 Å². The fourth-order valence-electron chi connectivity index (χ4n) is 1.53. The Morgan fingerprint density at radius 3 is 2.50 bits per heavy atom. The maximum absolute atomic E-state index is 9.03. The van der Waals surface area contributed by atoms with E-state index in [1.54, 1.807) is 0 Å². The summed E-state index contributed by atoms with van der Waals surface area (Å²) < 4.78 is 5.51. The van der Waals surface area contributed by atoms with Gasteiger partial charge in [-0.25, -0.2) is 0 Å². The lowest BCUT2D eigenvalue weighted by Crippen LogP contribution is -2.30. The average molecular weight is 192 g/mol. The molecule has 76 valence electrons. The molecule has 3 heteroatoms. The van der Waals surface area contributed by atoms with Crippen LogP contribution in [-0.2, 0) is 0 Å². The van der Waals surface area contributed by atoms with Crippen molar-refractivity contribution in [2.75, 3.05) is 7.05 Å². The molecule has 0 amide bonds. The lowest BCUT2D eigenvalue weighted by atomic mass is 9.85. The predicted octanol–water partition coefficient (Wildman–Crippen LogP) is 2.40. The first-order chi connectivity index (χ1) is 6.51. The summed E-state index contributed by atoms with van der Waals surface area (Å²) in [5, 5.41) is 12.1. The molecule has 0 aliphatic carbocycles. The zero-order valence-corrected chi connectivity index (χ0v) is 9.09. The molecule has 0 saturated heterocycles. The van der Waals surface area contributed by atoms with Crippen molar-refractivity contribution in [2.45, 2.75) is 26.8 Å². The summed E-state index contributed by atoms with van der Waals surface area (Å²) in [4.78, 5) is 0. The van der Waals surface area contributed by atoms with E-state index in [-0.39, 0.29) is 6.04 Å². The Bertz CT molecular complexity index is 346. The van der Waals surface area contributed by atoms with Gasteiger partial charge in [-0.15, -0.1) is 0 Å². The molecule has 0 spiro atoms. The number of hydrogen-bond acceptors (Lipinski definition) is 3. The van der Waals surface area contributed by atoms with E-state index in [1.807, 2.05) is 40.0 Å². The van der Waals surface area contributed by atoms with Gasteiger partial charge in [0.2, 0.25) is 0 Å². The van der Waals surface area contributed by atoms with Crippen molar-refractivity contribution in [3.05, 3.63) is 23.7 Å². The van der Waals surface area contributed by atoms with Gasteiger partial charge in [-0.1, -0.05) is 0 Å². The van der Waals surface area contributed by atoms with Crippen molar-refractivity contribution < 1.29 is 4.42 Å². The molecule has 0 aliphatic heterocycles. The summed E-state index contributed by atoms with van der Waals surface area (Å²) in [6.07, 6.45) is 0. The highest BCUT2D eigenvalue weighted by molar-refractivity contribution is 5.16. The molecule has 1 atom stereocenters. The molecule has 1 rings (SSSR count). The highest BCUT2D eigenvalue weighted by Gasteiger charge is 2.31. The molecule has 0 saturated carbocycles. The largest absolute Gasteiger partial charge is 0.465 e. The Labute approximate surface area is 84.7 Å². The van der Waals surface area contributed by atoms with E-state index < -0.39 is 5.41 Å². The van der Waals surface area contributed by atoms with E-state index in [9.17, 15) is 0 Å². The second kappa shape index (κ2) is 3.85. The molecule has 3 nitrogen and oxygen atoms in total. The lowest BCUT2D eigenvalue weighted by molar-refractivity contribution is 0.289. The van der Waals surface area contributed by atoms with Crippen LogP contribution in [0.4, 0.5) is 0 Å². The van der Waals surface area contributed by atoms with Crippen LogP contribution in [0.15, 0.2) is 16.5 Å². The molecular weight excluding hydrogens is 176 g/mol. The number of hydrogen-bond donors (Lipinski definition) is 1. The SMILES string of the molecule is CNC(c1ccc(C)o1)C(C)(C)C#N. The van der Waals surface area contributed by atoms with E-state index in [0.29, 0.717) is 0 Å². The monoisotopic (exact) mass is 192 g/mol. The Kier molecular flexibility index (Phi) is 2.97. The quantitative estimate of drug-likeness (QED) is 0.800. The van der Waals surface area contributed by atoms with E-state index in [2.05, 4.69) is 11.4 Å². The third kappa shape index (κ3) is 1.97. The Morgan fingerprint density at radius 2 is 2.14 bits per heavy atom. The van der Waals surface area contributed by atoms with Crippen LogP contribution in [0.2, 0.25) is 0 Å². The van der Waals surface area contributed by atoms with Gasteiger partial charge in [0.1, 0.15) is 11.5 Å². The minimum absolute atomic E-state index is 0.0683. The number of nitrogens with one attached hydrogen (secondary N) is 1. The van der Waals surface area contributed by atoms with Gasteiger partial charge in [0.25, 0.3) is 0 Å². The molecular formula is C11H16N2O. The maximum atomic E-state index is 9.03. The van der Waals surface area contributed by atoms with Crippen molar-refractivity contribution in [3.63, 3.8) is 0 Å². The first-order valence-electron chi connectivity index (χ1n) is 4.66. The standard InChI is InChI=1S/C11H16N2O/c1-8-5-6-9(14-8)10(13-4)11(2,3)7-12/h5-6,10,13H,1-4H3. The molecule has 1 aromatic rings. The molecule has 0 fully saturated rings. The molecule has 1 unspecified atom stereocenters. The Morgan fingerprint density at radius 1 is 1.50 bits per heavy atom. The van der Waals surface area contributed by atoms with Crippen LogP contribution in [0.3, 0.4) is 0 Å². The Balaban J connectivity index is 3.00. The van der Waals surface area contributed by atoms with Crippen LogP contribution in [0.25, 0.3) is 0 Å². The van der Waals surface area contributed by atoms with Gasteiger partial charge in [-0.05, 0) is 40.0 Å². The first kappa shape index (κ1) is 10.8. The Hall–Kier alpha value is -1.27. The molecule has 14 heavy (non-hydrogen) atoms. The number of aryl methyl sites for hydroxylation is 1. The van der Waals surface area contributed by atoms with Crippen LogP contribution in [0.5, 0.6) is 0 Å². The normalized spacial score (nSPS) is 13.6. The summed E-state index contributed by atoms with van der Waals surface area (Å²) in [6, 6.07) is 6.03. The molecule has 0 aliphatic rings. The van der Waals surface area contributed by atoms with E-state index in [1.165, 1.54) is 0 Å². The van der Waals surface area contributed by atoms with E-state index in [4.69, 9.17) is 9.68 Å². The van der Waals surface area contributed by atoms with Crippen LogP contribution in [-0.4, -0.2) is 7.05 Å². The van der Waals surface area contributed by atoms with Gasteiger partial charge in [0.05, 0.1) is 17.5 Å². The predicted molar refractivity (Wildman–Crippen MR) is 54.6 cm³/mol. The van der Waals surface area contributed by atoms with Crippen LogP contribution in [0.1, 0.15) is 31.4 Å². The van der Waals surface area contributed by atoms with Gasteiger partial charge < -0.3 is 9.73 Å². The summed E-state index contributed by atoms with van der Waals surface area (Å²) in [6.45, 7) is 5.69. The molecule has 0 bridgehead atoms. The summed E-state index contributed by atoms with van der Waals surface area (Å²) >= 11 is 0. The number of furan rings is 1. The van der Waals surface area contributed by atoms with Crippen molar-refractivity contribution in [1.29, 1.82) is 5.26 Å². The topological polar surface area (TPSA) is 49.0 Å². The summed E-state index contributed by atoms with van der Waals surface area (Å²) in [5.41, 5.74) is -0.473. The highest BCUT2D eigenvalue weighted by Crippen LogP contribution is 2.33. The van der Waals surface area contributed by atoms with Crippen LogP contribution >= 0.6 is 0 Å². The van der Waals surface area contributed by atoms with Crippen molar-refractivity contribution in [3.8, 4) is 6.07 Å². The van der Waals surface area contributed by atoms with Gasteiger partial charge >= 0.3 is 0 Å². The molecule has 1 aromatic heterocycles.